The lowest BCUT2D eigenvalue weighted by Crippen LogP contribution is -1.86. The average molecular weight is 376 g/mol. The van der Waals surface area contributed by atoms with Gasteiger partial charge in [0.2, 0.25) is 0 Å². The molecule has 0 aliphatic heterocycles. The van der Waals surface area contributed by atoms with E-state index >= 15 is 0 Å². The van der Waals surface area contributed by atoms with Gasteiger partial charge in [0.15, 0.2) is 0 Å². The maximum absolute atomic E-state index is 6.24. The Hall–Kier alpha value is -1.47. The minimum absolute atomic E-state index is 0.733. The van der Waals surface area contributed by atoms with Crippen molar-refractivity contribution < 1.29 is 0 Å². The summed E-state index contributed by atoms with van der Waals surface area (Å²) in [6.07, 6.45) is 1.62. The summed E-state index contributed by atoms with van der Waals surface area (Å²) in [6.45, 7) is 0. The zero-order valence-electron chi connectivity index (χ0n) is 11.8. The summed E-state index contributed by atoms with van der Waals surface area (Å²) in [6, 6.07) is 9.81. The van der Waals surface area contributed by atoms with Crippen molar-refractivity contribution in [2.24, 2.45) is 0 Å². The Labute approximate surface area is 150 Å². The molecule has 0 amide bonds. The van der Waals surface area contributed by atoms with E-state index in [1.165, 1.54) is 0 Å². The van der Waals surface area contributed by atoms with Gasteiger partial charge in [0.1, 0.15) is 16.4 Å². The van der Waals surface area contributed by atoms with Crippen molar-refractivity contribution in [3.8, 4) is 10.6 Å². The van der Waals surface area contributed by atoms with E-state index in [0.717, 1.165) is 42.3 Å². The highest BCUT2D eigenvalue weighted by atomic mass is 35.5. The molecule has 23 heavy (non-hydrogen) atoms. The molecule has 1 aromatic carbocycles. The van der Waals surface area contributed by atoms with Crippen LogP contribution >= 0.6 is 46.0 Å². The van der Waals surface area contributed by atoms with Crippen LogP contribution in [0.5, 0.6) is 0 Å². The van der Waals surface area contributed by atoms with E-state index < -0.39 is 0 Å². The van der Waals surface area contributed by atoms with E-state index in [4.69, 9.17) is 16.6 Å². The summed E-state index contributed by atoms with van der Waals surface area (Å²) in [4.78, 5) is 13.4. The number of hydrogen-bond donors (Lipinski definition) is 0. The van der Waals surface area contributed by atoms with Gasteiger partial charge in [0.25, 0.3) is 0 Å². The van der Waals surface area contributed by atoms with E-state index in [1.807, 2.05) is 35.7 Å². The lowest BCUT2D eigenvalue weighted by molar-refractivity contribution is 1.10. The molecule has 4 rings (SSSR count). The third-order valence-electron chi connectivity index (χ3n) is 3.22. The first kappa shape index (κ1) is 15.1. The Morgan fingerprint density at radius 1 is 1.09 bits per heavy atom. The van der Waals surface area contributed by atoms with Crippen molar-refractivity contribution >= 4 is 56.3 Å². The normalized spacial score (nSPS) is 11.2. The lowest BCUT2D eigenvalue weighted by Gasteiger charge is -2.00. The van der Waals surface area contributed by atoms with Crippen LogP contribution in [0.2, 0.25) is 5.02 Å². The predicted molar refractivity (Wildman–Crippen MR) is 99.5 cm³/mol. The number of thiazole rings is 1. The number of thiophene rings is 1. The summed E-state index contributed by atoms with van der Waals surface area (Å²) in [5, 5.41) is 6.82. The van der Waals surface area contributed by atoms with Gasteiger partial charge in [-0.15, -0.1) is 22.7 Å². The third-order valence-corrected chi connectivity index (χ3v) is 6.54. The lowest BCUT2D eigenvalue weighted by atomic mass is 10.2. The second kappa shape index (κ2) is 6.57. The first-order chi connectivity index (χ1) is 11.3. The van der Waals surface area contributed by atoms with Gasteiger partial charge >= 0.3 is 0 Å². The maximum Gasteiger partial charge on any atom is 0.125 e. The van der Waals surface area contributed by atoms with Gasteiger partial charge in [-0.25, -0.2) is 15.0 Å². The molecule has 0 radical (unpaired) electrons. The molecule has 0 fully saturated rings. The molecule has 0 spiro atoms. The van der Waals surface area contributed by atoms with Crippen LogP contribution in [-0.2, 0) is 5.75 Å². The zero-order chi connectivity index (χ0) is 15.6. The van der Waals surface area contributed by atoms with Crippen molar-refractivity contribution in [2.45, 2.75) is 10.8 Å². The number of aromatic nitrogens is 3. The molecule has 114 valence electrons. The summed E-state index contributed by atoms with van der Waals surface area (Å²) in [5.41, 5.74) is 3.03. The van der Waals surface area contributed by atoms with E-state index in [1.54, 1.807) is 40.8 Å². The third kappa shape index (κ3) is 3.12. The molecule has 0 atom stereocenters. The fraction of sp³-hybridized carbons (Fsp3) is 0.0625. The smallest absolute Gasteiger partial charge is 0.125 e. The predicted octanol–water partition coefficient (Wildman–Crippen LogP) is 5.76. The molecule has 0 aliphatic rings. The van der Waals surface area contributed by atoms with Crippen LogP contribution in [0.3, 0.4) is 0 Å². The SMILES string of the molecule is Clc1ccccc1-c1nc(CSc2ncnc3ccsc23)cs1. The highest BCUT2D eigenvalue weighted by Gasteiger charge is 2.10. The van der Waals surface area contributed by atoms with Crippen molar-refractivity contribution in [3.05, 3.63) is 58.1 Å². The molecular formula is C16H10ClN3S3. The number of rotatable bonds is 4. The van der Waals surface area contributed by atoms with Crippen LogP contribution in [0.15, 0.2) is 52.4 Å². The van der Waals surface area contributed by atoms with E-state index in [0.29, 0.717) is 0 Å². The highest BCUT2D eigenvalue weighted by Crippen LogP contribution is 2.33. The topological polar surface area (TPSA) is 38.7 Å². The van der Waals surface area contributed by atoms with Gasteiger partial charge in [-0.3, -0.25) is 0 Å². The average Bonchev–Trinajstić information content (AvgIpc) is 3.22. The van der Waals surface area contributed by atoms with Crippen LogP contribution < -0.4 is 0 Å². The summed E-state index contributed by atoms with van der Waals surface area (Å²) in [5.74, 6) is 0.783. The molecule has 0 unspecified atom stereocenters. The Kier molecular flexibility index (Phi) is 4.31. The van der Waals surface area contributed by atoms with E-state index in [9.17, 15) is 0 Å². The monoisotopic (exact) mass is 375 g/mol. The zero-order valence-corrected chi connectivity index (χ0v) is 15.0. The second-order valence-corrected chi connectivity index (χ2v) is 7.87. The maximum atomic E-state index is 6.24. The fourth-order valence-electron chi connectivity index (χ4n) is 2.14. The molecule has 0 bridgehead atoms. The van der Waals surface area contributed by atoms with Gasteiger partial charge < -0.3 is 0 Å². The van der Waals surface area contributed by atoms with Gasteiger partial charge in [-0.05, 0) is 17.5 Å². The minimum Gasteiger partial charge on any atom is -0.240 e. The molecule has 0 saturated carbocycles. The molecule has 4 aromatic rings. The molecule has 0 N–H and O–H groups in total. The molecule has 7 heteroatoms. The Bertz CT molecular complexity index is 964. The van der Waals surface area contributed by atoms with Crippen LogP contribution in [0.1, 0.15) is 5.69 Å². The molecular weight excluding hydrogens is 366 g/mol. The Balaban J connectivity index is 1.54. The number of halogens is 1. The number of hydrogen-bond acceptors (Lipinski definition) is 6. The van der Waals surface area contributed by atoms with E-state index in [-0.39, 0.29) is 0 Å². The van der Waals surface area contributed by atoms with Crippen LogP contribution in [0, 0.1) is 0 Å². The van der Waals surface area contributed by atoms with Crippen molar-refractivity contribution in [3.63, 3.8) is 0 Å². The van der Waals surface area contributed by atoms with Crippen LogP contribution in [0.25, 0.3) is 20.8 Å². The molecule has 3 aromatic heterocycles. The fourth-order valence-corrected chi connectivity index (χ4v) is 5.23. The summed E-state index contributed by atoms with van der Waals surface area (Å²) < 4.78 is 1.14. The summed E-state index contributed by atoms with van der Waals surface area (Å²) in [7, 11) is 0. The first-order valence-electron chi connectivity index (χ1n) is 6.81. The summed E-state index contributed by atoms with van der Waals surface area (Å²) >= 11 is 11.2. The largest absolute Gasteiger partial charge is 0.240 e. The van der Waals surface area contributed by atoms with Crippen molar-refractivity contribution in [1.29, 1.82) is 0 Å². The standard InChI is InChI=1S/C16H10ClN3S3/c17-12-4-2-1-3-11(12)15-20-10(7-22-15)8-23-16-14-13(5-6-21-14)18-9-19-16/h1-7,9H,8H2. The van der Waals surface area contributed by atoms with E-state index in [2.05, 4.69) is 15.3 Å². The molecule has 0 saturated heterocycles. The minimum atomic E-state index is 0.733. The van der Waals surface area contributed by atoms with Gasteiger partial charge in [0, 0.05) is 16.7 Å². The van der Waals surface area contributed by atoms with Gasteiger partial charge in [-0.1, -0.05) is 41.6 Å². The quantitative estimate of drug-likeness (QED) is 0.335. The van der Waals surface area contributed by atoms with Crippen LogP contribution in [-0.4, -0.2) is 15.0 Å². The highest BCUT2D eigenvalue weighted by molar-refractivity contribution is 7.98. The Morgan fingerprint density at radius 2 is 2.00 bits per heavy atom. The van der Waals surface area contributed by atoms with Crippen molar-refractivity contribution in [1.82, 2.24) is 15.0 Å². The number of thioether (sulfide) groups is 1. The number of fused-ring (bicyclic) bond motifs is 1. The molecule has 3 nitrogen and oxygen atoms in total. The van der Waals surface area contributed by atoms with Gasteiger partial charge in [0.05, 0.1) is 20.9 Å². The molecule has 3 heterocycles. The van der Waals surface area contributed by atoms with Crippen molar-refractivity contribution in [2.75, 3.05) is 0 Å². The number of benzene rings is 1. The first-order valence-corrected chi connectivity index (χ1v) is 9.94. The molecule has 0 aliphatic carbocycles. The number of nitrogens with zero attached hydrogens (tertiary/aromatic N) is 3. The van der Waals surface area contributed by atoms with Gasteiger partial charge in [-0.2, -0.15) is 0 Å². The van der Waals surface area contributed by atoms with Crippen LogP contribution in [0.4, 0.5) is 0 Å². The Morgan fingerprint density at radius 3 is 2.91 bits per heavy atom. The second-order valence-electron chi connectivity index (χ2n) is 4.73.